The largest absolute Gasteiger partial charge is 0.496 e. The van der Waals surface area contributed by atoms with Gasteiger partial charge < -0.3 is 9.57 Å². The van der Waals surface area contributed by atoms with E-state index >= 15 is 0 Å². The van der Waals surface area contributed by atoms with Gasteiger partial charge in [0, 0.05) is 11.1 Å². The molecule has 2 rings (SSSR count). The molecule has 0 aliphatic heterocycles. The number of ether oxygens (including phenoxy) is 1. The van der Waals surface area contributed by atoms with Crippen LogP contribution in [0, 0.1) is 0 Å². The quantitative estimate of drug-likeness (QED) is 0.607. The molecular formula is C15H15NO2. The van der Waals surface area contributed by atoms with Crippen LogP contribution in [0.4, 0.5) is 0 Å². The minimum Gasteiger partial charge on any atom is -0.496 e. The van der Waals surface area contributed by atoms with Crippen LogP contribution in [0.25, 0.3) is 11.1 Å². The van der Waals surface area contributed by atoms with Gasteiger partial charge in [0.05, 0.1) is 13.3 Å². The summed E-state index contributed by atoms with van der Waals surface area (Å²) in [6.07, 6.45) is 1.70. The molecule has 0 radical (unpaired) electrons. The molecule has 2 aromatic rings. The molecule has 92 valence electrons. The molecule has 0 aliphatic carbocycles. The molecule has 0 spiro atoms. The number of benzene rings is 2. The molecule has 0 aliphatic rings. The lowest BCUT2D eigenvalue weighted by Gasteiger charge is -2.10. The highest BCUT2D eigenvalue weighted by atomic mass is 16.6. The van der Waals surface area contributed by atoms with E-state index < -0.39 is 0 Å². The van der Waals surface area contributed by atoms with Crippen molar-refractivity contribution in [1.82, 2.24) is 0 Å². The average Bonchev–Trinajstić information content (AvgIpc) is 2.45. The maximum atomic E-state index is 5.38. The maximum absolute atomic E-state index is 5.38. The predicted octanol–water partition coefficient (Wildman–Crippen LogP) is 3.34. The van der Waals surface area contributed by atoms with Gasteiger partial charge in [-0.25, -0.2) is 0 Å². The van der Waals surface area contributed by atoms with Gasteiger partial charge in [0.15, 0.2) is 0 Å². The fraction of sp³-hybridized carbons (Fsp3) is 0.133. The fourth-order valence-corrected chi connectivity index (χ4v) is 1.83. The summed E-state index contributed by atoms with van der Waals surface area (Å²) in [7, 11) is 3.20. The lowest BCUT2D eigenvalue weighted by atomic mass is 9.99. The van der Waals surface area contributed by atoms with E-state index in [0.717, 1.165) is 22.4 Å². The SMILES string of the molecule is CO/N=C/c1ccccc1-c1ccccc1OC. The number of hydrogen-bond acceptors (Lipinski definition) is 3. The van der Waals surface area contributed by atoms with E-state index in [9.17, 15) is 0 Å². The summed E-state index contributed by atoms with van der Waals surface area (Å²) in [5.41, 5.74) is 3.10. The zero-order valence-corrected chi connectivity index (χ0v) is 10.5. The summed E-state index contributed by atoms with van der Waals surface area (Å²) >= 11 is 0. The molecule has 0 saturated heterocycles. The highest BCUT2D eigenvalue weighted by molar-refractivity contribution is 5.91. The van der Waals surface area contributed by atoms with Crippen LogP contribution in [-0.2, 0) is 4.84 Å². The van der Waals surface area contributed by atoms with Crippen LogP contribution >= 0.6 is 0 Å². The molecule has 0 heterocycles. The third-order valence-electron chi connectivity index (χ3n) is 2.66. The lowest BCUT2D eigenvalue weighted by Crippen LogP contribution is -1.92. The van der Waals surface area contributed by atoms with Crippen molar-refractivity contribution in [3.63, 3.8) is 0 Å². The number of oxime groups is 1. The van der Waals surface area contributed by atoms with Crippen LogP contribution in [0.3, 0.4) is 0 Å². The monoisotopic (exact) mass is 241 g/mol. The van der Waals surface area contributed by atoms with Crippen molar-refractivity contribution < 1.29 is 9.57 Å². The van der Waals surface area contributed by atoms with Crippen LogP contribution in [0.15, 0.2) is 53.7 Å². The van der Waals surface area contributed by atoms with E-state index in [1.54, 1.807) is 13.3 Å². The molecule has 0 bridgehead atoms. The number of methoxy groups -OCH3 is 1. The molecule has 0 saturated carbocycles. The van der Waals surface area contributed by atoms with Crippen LogP contribution in [0.1, 0.15) is 5.56 Å². The number of nitrogens with zero attached hydrogens (tertiary/aromatic N) is 1. The Morgan fingerprint density at radius 3 is 2.28 bits per heavy atom. The van der Waals surface area contributed by atoms with Crippen molar-refractivity contribution in [2.75, 3.05) is 14.2 Å². The van der Waals surface area contributed by atoms with Gasteiger partial charge >= 0.3 is 0 Å². The Labute approximate surface area is 107 Å². The third-order valence-corrected chi connectivity index (χ3v) is 2.66. The van der Waals surface area contributed by atoms with E-state index in [1.165, 1.54) is 7.11 Å². The van der Waals surface area contributed by atoms with Gasteiger partial charge in [0.1, 0.15) is 12.9 Å². The normalized spacial score (nSPS) is 10.6. The minimum atomic E-state index is 0.843. The van der Waals surface area contributed by atoms with Crippen molar-refractivity contribution in [3.8, 4) is 16.9 Å². The van der Waals surface area contributed by atoms with Crippen molar-refractivity contribution in [3.05, 3.63) is 54.1 Å². The van der Waals surface area contributed by atoms with Crippen molar-refractivity contribution in [2.24, 2.45) is 5.16 Å². The van der Waals surface area contributed by atoms with Crippen LogP contribution in [0.2, 0.25) is 0 Å². The van der Waals surface area contributed by atoms with E-state index in [0.29, 0.717) is 0 Å². The number of para-hydroxylation sites is 1. The molecule has 3 nitrogen and oxygen atoms in total. The van der Waals surface area contributed by atoms with E-state index in [-0.39, 0.29) is 0 Å². The van der Waals surface area contributed by atoms with Crippen LogP contribution in [0.5, 0.6) is 5.75 Å². The molecule has 0 N–H and O–H groups in total. The topological polar surface area (TPSA) is 30.8 Å². The van der Waals surface area contributed by atoms with Gasteiger partial charge in [-0.1, -0.05) is 47.6 Å². The summed E-state index contributed by atoms with van der Waals surface area (Å²) in [4.78, 5) is 4.73. The molecule has 0 fully saturated rings. The molecule has 18 heavy (non-hydrogen) atoms. The maximum Gasteiger partial charge on any atom is 0.126 e. The summed E-state index contributed by atoms with van der Waals surface area (Å²) in [5, 5.41) is 3.82. The first-order chi connectivity index (χ1) is 8.86. The summed E-state index contributed by atoms with van der Waals surface area (Å²) in [6.45, 7) is 0. The van der Waals surface area contributed by atoms with E-state index in [2.05, 4.69) is 5.16 Å². The first-order valence-electron chi connectivity index (χ1n) is 5.65. The predicted molar refractivity (Wildman–Crippen MR) is 73.0 cm³/mol. The number of hydrogen-bond donors (Lipinski definition) is 0. The summed E-state index contributed by atoms with van der Waals surface area (Å²) in [5.74, 6) is 0.843. The van der Waals surface area contributed by atoms with E-state index in [1.807, 2.05) is 48.5 Å². The minimum absolute atomic E-state index is 0.843. The molecule has 0 aromatic heterocycles. The number of rotatable bonds is 4. The van der Waals surface area contributed by atoms with Crippen LogP contribution < -0.4 is 4.74 Å². The van der Waals surface area contributed by atoms with Gasteiger partial charge in [-0.05, 0) is 11.6 Å². The molecular weight excluding hydrogens is 226 g/mol. The van der Waals surface area contributed by atoms with Crippen molar-refractivity contribution >= 4 is 6.21 Å². The van der Waals surface area contributed by atoms with Gasteiger partial charge in [-0.15, -0.1) is 0 Å². The summed E-state index contributed by atoms with van der Waals surface area (Å²) < 4.78 is 5.38. The summed E-state index contributed by atoms with van der Waals surface area (Å²) in [6, 6.07) is 15.9. The Hall–Kier alpha value is -2.29. The van der Waals surface area contributed by atoms with Gasteiger partial charge in [-0.3, -0.25) is 0 Å². The van der Waals surface area contributed by atoms with Crippen molar-refractivity contribution in [1.29, 1.82) is 0 Å². The van der Waals surface area contributed by atoms with Crippen LogP contribution in [-0.4, -0.2) is 20.4 Å². The average molecular weight is 241 g/mol. The lowest BCUT2D eigenvalue weighted by molar-refractivity contribution is 0.215. The smallest absolute Gasteiger partial charge is 0.126 e. The first-order valence-corrected chi connectivity index (χ1v) is 5.65. The second-order valence-corrected chi connectivity index (χ2v) is 3.70. The van der Waals surface area contributed by atoms with Gasteiger partial charge in [0.2, 0.25) is 0 Å². The highest BCUT2D eigenvalue weighted by Crippen LogP contribution is 2.31. The third kappa shape index (κ3) is 2.51. The highest BCUT2D eigenvalue weighted by Gasteiger charge is 2.07. The Morgan fingerprint density at radius 2 is 1.56 bits per heavy atom. The first kappa shape index (κ1) is 12.2. The molecule has 3 heteroatoms. The standard InChI is InChI=1S/C15H15NO2/c1-17-15-10-6-5-9-14(15)13-8-4-3-7-12(13)11-16-18-2/h3-11H,1-2H3/b16-11+. The molecule has 0 atom stereocenters. The Kier molecular flexibility index (Phi) is 3.97. The Morgan fingerprint density at radius 1 is 0.889 bits per heavy atom. The second-order valence-electron chi connectivity index (χ2n) is 3.70. The Balaban J connectivity index is 2.53. The molecule has 2 aromatic carbocycles. The van der Waals surface area contributed by atoms with E-state index in [4.69, 9.17) is 9.57 Å². The molecule has 0 amide bonds. The zero-order chi connectivity index (χ0) is 12.8. The van der Waals surface area contributed by atoms with Crippen molar-refractivity contribution in [2.45, 2.75) is 0 Å². The fourth-order valence-electron chi connectivity index (χ4n) is 1.83. The zero-order valence-electron chi connectivity index (χ0n) is 10.5. The second kappa shape index (κ2) is 5.87. The van der Waals surface area contributed by atoms with Gasteiger partial charge in [-0.2, -0.15) is 0 Å². The Bertz CT molecular complexity index is 550. The molecule has 0 unspecified atom stereocenters. The van der Waals surface area contributed by atoms with Gasteiger partial charge in [0.25, 0.3) is 0 Å².